The van der Waals surface area contributed by atoms with Gasteiger partial charge in [0, 0.05) is 17.6 Å². The first-order valence-corrected chi connectivity index (χ1v) is 8.57. The molecule has 26 heavy (non-hydrogen) atoms. The summed E-state index contributed by atoms with van der Waals surface area (Å²) in [5.41, 5.74) is -0.177. The molecule has 0 spiro atoms. The van der Waals surface area contributed by atoms with Crippen molar-refractivity contribution in [3.8, 4) is 0 Å². The maximum absolute atomic E-state index is 14.4. The fourth-order valence-corrected chi connectivity index (χ4v) is 3.24. The minimum absolute atomic E-state index is 0.0414. The number of hydrogen-bond acceptors (Lipinski definition) is 4. The summed E-state index contributed by atoms with van der Waals surface area (Å²) >= 11 is 0. The minimum Gasteiger partial charge on any atom is -0.480 e. The Hall–Kier alpha value is -2.90. The standard InChI is InChI=1S/C18H20FN3O4/c19-13-6-11-14(7-15(13)22-10-4-2-1-3-5-10)20-8-12(17(11)25)18(26)21-9-16(23)24/h6-8,10,22H,1-5,9H2,(H,20,25)(H,21,26)(H,23,24). The molecular weight excluding hydrogens is 341 g/mol. The molecule has 4 N–H and O–H groups in total. The van der Waals surface area contributed by atoms with E-state index in [0.29, 0.717) is 11.2 Å². The Balaban J connectivity index is 1.89. The summed E-state index contributed by atoms with van der Waals surface area (Å²) < 4.78 is 14.4. The van der Waals surface area contributed by atoms with Crippen LogP contribution in [-0.4, -0.2) is 34.6 Å². The summed E-state index contributed by atoms with van der Waals surface area (Å²) in [6.07, 6.45) is 6.59. The zero-order chi connectivity index (χ0) is 18.7. The molecule has 0 aliphatic heterocycles. The van der Waals surface area contributed by atoms with Gasteiger partial charge in [-0.15, -0.1) is 0 Å². The average molecular weight is 361 g/mol. The molecule has 3 rings (SSSR count). The molecule has 138 valence electrons. The summed E-state index contributed by atoms with van der Waals surface area (Å²) in [6, 6.07) is 2.84. The van der Waals surface area contributed by atoms with Crippen LogP contribution in [-0.2, 0) is 4.79 Å². The van der Waals surface area contributed by atoms with Crippen molar-refractivity contribution in [1.82, 2.24) is 10.3 Å². The van der Waals surface area contributed by atoms with E-state index in [9.17, 15) is 18.8 Å². The van der Waals surface area contributed by atoms with E-state index in [1.807, 2.05) is 0 Å². The number of pyridine rings is 1. The summed E-state index contributed by atoms with van der Waals surface area (Å²) in [5.74, 6) is -2.60. The van der Waals surface area contributed by atoms with Gasteiger partial charge in [0.2, 0.25) is 5.43 Å². The van der Waals surface area contributed by atoms with E-state index in [0.717, 1.165) is 31.7 Å². The zero-order valence-electron chi connectivity index (χ0n) is 14.1. The first kappa shape index (κ1) is 17.9. The van der Waals surface area contributed by atoms with Crippen LogP contribution < -0.4 is 16.1 Å². The van der Waals surface area contributed by atoms with Gasteiger partial charge in [-0.05, 0) is 25.0 Å². The van der Waals surface area contributed by atoms with E-state index in [-0.39, 0.29) is 17.0 Å². The summed E-state index contributed by atoms with van der Waals surface area (Å²) in [5, 5.41) is 13.9. The zero-order valence-corrected chi connectivity index (χ0v) is 14.1. The minimum atomic E-state index is -1.22. The lowest BCUT2D eigenvalue weighted by Gasteiger charge is -2.24. The van der Waals surface area contributed by atoms with Crippen molar-refractivity contribution < 1.29 is 19.1 Å². The number of aliphatic carboxylic acids is 1. The molecule has 1 aromatic carbocycles. The molecule has 1 aliphatic carbocycles. The van der Waals surface area contributed by atoms with Crippen molar-refractivity contribution in [3.05, 3.63) is 39.9 Å². The highest BCUT2D eigenvalue weighted by atomic mass is 19.1. The Bertz CT molecular complexity index is 903. The number of fused-ring (bicyclic) bond motifs is 1. The monoisotopic (exact) mass is 361 g/mol. The molecule has 0 unspecified atom stereocenters. The molecule has 8 heteroatoms. The summed E-state index contributed by atoms with van der Waals surface area (Å²) in [7, 11) is 0. The van der Waals surface area contributed by atoms with E-state index in [1.54, 1.807) is 0 Å². The first-order valence-electron chi connectivity index (χ1n) is 8.57. The highest BCUT2D eigenvalue weighted by molar-refractivity contribution is 5.98. The van der Waals surface area contributed by atoms with E-state index >= 15 is 0 Å². The second-order valence-corrected chi connectivity index (χ2v) is 6.46. The number of benzene rings is 1. The van der Waals surface area contributed by atoms with Gasteiger partial charge in [-0.2, -0.15) is 0 Å². The number of carbonyl (C=O) groups excluding carboxylic acids is 1. The highest BCUT2D eigenvalue weighted by Crippen LogP contribution is 2.25. The Labute approximate surface area is 148 Å². The van der Waals surface area contributed by atoms with E-state index < -0.39 is 29.7 Å². The third-order valence-corrected chi connectivity index (χ3v) is 4.58. The number of nitrogens with one attached hydrogen (secondary N) is 3. The van der Waals surface area contributed by atoms with Gasteiger partial charge >= 0.3 is 5.97 Å². The van der Waals surface area contributed by atoms with Crippen LogP contribution in [0.4, 0.5) is 10.1 Å². The molecule has 0 atom stereocenters. The highest BCUT2D eigenvalue weighted by Gasteiger charge is 2.18. The quantitative estimate of drug-likeness (QED) is 0.653. The van der Waals surface area contributed by atoms with E-state index in [2.05, 4.69) is 15.6 Å². The molecule has 1 heterocycles. The fraction of sp³-hybridized carbons (Fsp3) is 0.389. The molecule has 2 aromatic rings. The molecular formula is C18H20FN3O4. The third kappa shape index (κ3) is 3.84. The number of carboxylic acid groups (broad SMARTS) is 1. The molecule has 1 aliphatic rings. The lowest BCUT2D eigenvalue weighted by molar-refractivity contribution is -0.135. The number of aromatic nitrogens is 1. The van der Waals surface area contributed by atoms with Crippen LogP contribution in [0.15, 0.2) is 23.1 Å². The van der Waals surface area contributed by atoms with Gasteiger partial charge in [0.25, 0.3) is 5.91 Å². The van der Waals surface area contributed by atoms with Crippen molar-refractivity contribution in [2.45, 2.75) is 38.1 Å². The van der Waals surface area contributed by atoms with Crippen LogP contribution in [0.3, 0.4) is 0 Å². The van der Waals surface area contributed by atoms with Crippen LogP contribution >= 0.6 is 0 Å². The number of aromatic amines is 1. The first-order chi connectivity index (χ1) is 12.5. The number of carbonyl (C=O) groups is 2. The number of hydrogen-bond donors (Lipinski definition) is 4. The number of halogens is 1. The smallest absolute Gasteiger partial charge is 0.322 e. The number of carboxylic acids is 1. The predicted molar refractivity (Wildman–Crippen MR) is 95.0 cm³/mol. The largest absolute Gasteiger partial charge is 0.480 e. The van der Waals surface area contributed by atoms with Gasteiger partial charge in [-0.1, -0.05) is 19.3 Å². The maximum Gasteiger partial charge on any atom is 0.322 e. The number of anilines is 1. The topological polar surface area (TPSA) is 111 Å². The normalized spacial score (nSPS) is 15.0. The fourth-order valence-electron chi connectivity index (χ4n) is 3.24. The molecule has 7 nitrogen and oxygen atoms in total. The van der Waals surface area contributed by atoms with Crippen molar-refractivity contribution in [3.63, 3.8) is 0 Å². The third-order valence-electron chi connectivity index (χ3n) is 4.58. The SMILES string of the molecule is O=C(O)CNC(=O)c1c[nH]c2cc(NC3CCCCC3)c(F)cc2c1=O. The lowest BCUT2D eigenvalue weighted by Crippen LogP contribution is -2.32. The Morgan fingerprint density at radius 2 is 1.96 bits per heavy atom. The Morgan fingerprint density at radius 1 is 1.23 bits per heavy atom. The number of rotatable bonds is 5. The maximum atomic E-state index is 14.4. The van der Waals surface area contributed by atoms with Crippen molar-refractivity contribution >= 4 is 28.5 Å². The molecule has 1 saturated carbocycles. The van der Waals surface area contributed by atoms with Gasteiger partial charge < -0.3 is 20.7 Å². The van der Waals surface area contributed by atoms with Gasteiger partial charge in [0.15, 0.2) is 0 Å². The van der Waals surface area contributed by atoms with Crippen LogP contribution in [0.25, 0.3) is 10.9 Å². The molecule has 0 saturated heterocycles. The van der Waals surface area contributed by atoms with Crippen molar-refractivity contribution in [1.29, 1.82) is 0 Å². The second kappa shape index (κ2) is 7.55. The number of H-pyrrole nitrogens is 1. The lowest BCUT2D eigenvalue weighted by atomic mass is 9.95. The van der Waals surface area contributed by atoms with Gasteiger partial charge in [-0.3, -0.25) is 14.4 Å². The molecule has 1 amide bonds. The van der Waals surface area contributed by atoms with Crippen LogP contribution in [0.2, 0.25) is 0 Å². The van der Waals surface area contributed by atoms with Crippen LogP contribution in [0.5, 0.6) is 0 Å². The Morgan fingerprint density at radius 3 is 2.65 bits per heavy atom. The van der Waals surface area contributed by atoms with Crippen LogP contribution in [0, 0.1) is 5.82 Å². The van der Waals surface area contributed by atoms with E-state index in [1.165, 1.54) is 18.7 Å². The summed E-state index contributed by atoms with van der Waals surface area (Å²) in [6.45, 7) is -0.602. The van der Waals surface area contributed by atoms with E-state index in [4.69, 9.17) is 5.11 Å². The van der Waals surface area contributed by atoms with Gasteiger partial charge in [-0.25, -0.2) is 4.39 Å². The van der Waals surface area contributed by atoms with Crippen LogP contribution in [0.1, 0.15) is 42.5 Å². The predicted octanol–water partition coefficient (Wildman–Crippen LogP) is 2.23. The van der Waals surface area contributed by atoms with Crippen molar-refractivity contribution in [2.24, 2.45) is 0 Å². The average Bonchev–Trinajstić information content (AvgIpc) is 2.62. The van der Waals surface area contributed by atoms with Gasteiger partial charge in [0.05, 0.1) is 11.2 Å². The Kier molecular flexibility index (Phi) is 5.20. The van der Waals surface area contributed by atoms with Gasteiger partial charge in [0.1, 0.15) is 17.9 Å². The van der Waals surface area contributed by atoms with Crippen molar-refractivity contribution in [2.75, 3.05) is 11.9 Å². The molecule has 0 radical (unpaired) electrons. The summed E-state index contributed by atoms with van der Waals surface area (Å²) in [4.78, 5) is 37.7. The molecule has 0 bridgehead atoms. The second-order valence-electron chi connectivity index (χ2n) is 6.46. The number of amides is 1. The molecule has 1 fully saturated rings. The molecule has 1 aromatic heterocycles.